The molecule has 1 saturated heterocycles. The van der Waals surface area contributed by atoms with E-state index in [0.717, 1.165) is 12.1 Å². The number of rotatable bonds is 3. The zero-order valence-corrected chi connectivity index (χ0v) is 14.8. The van der Waals surface area contributed by atoms with Gasteiger partial charge in [-0.15, -0.1) is 0 Å². The highest BCUT2D eigenvalue weighted by Crippen LogP contribution is 2.31. The van der Waals surface area contributed by atoms with Gasteiger partial charge in [0.15, 0.2) is 0 Å². The molecule has 5 nitrogen and oxygen atoms in total. The van der Waals surface area contributed by atoms with Crippen LogP contribution in [0.4, 0.5) is 18.0 Å². The van der Waals surface area contributed by atoms with Crippen LogP contribution in [0.15, 0.2) is 24.3 Å². The Bertz CT molecular complexity index is 664. The van der Waals surface area contributed by atoms with Crippen LogP contribution in [0, 0.1) is 5.92 Å². The van der Waals surface area contributed by atoms with Gasteiger partial charge in [0, 0.05) is 6.54 Å². The quantitative estimate of drug-likeness (QED) is 0.871. The molecule has 0 aromatic heterocycles. The van der Waals surface area contributed by atoms with Crippen molar-refractivity contribution in [1.29, 1.82) is 0 Å². The van der Waals surface area contributed by atoms with Crippen molar-refractivity contribution < 1.29 is 32.6 Å². The maximum Gasteiger partial charge on any atom is 0.416 e. The number of nitrogens with zero attached hydrogens (tertiary/aromatic N) is 1. The van der Waals surface area contributed by atoms with E-state index in [1.54, 1.807) is 20.8 Å². The Morgan fingerprint density at radius 1 is 1.19 bits per heavy atom. The first-order valence-electron chi connectivity index (χ1n) is 8.25. The molecule has 1 heterocycles. The SMILES string of the molecule is CC(C)(C)OC(=O)N1CC(Cc2ccc(C(F)(F)F)cc2)CC1C(=O)O. The van der Waals surface area contributed by atoms with Gasteiger partial charge in [-0.1, -0.05) is 12.1 Å². The third-order valence-electron chi connectivity index (χ3n) is 4.11. The molecule has 1 aromatic rings. The highest BCUT2D eigenvalue weighted by atomic mass is 19.4. The van der Waals surface area contributed by atoms with Crippen molar-refractivity contribution in [3.05, 3.63) is 35.4 Å². The van der Waals surface area contributed by atoms with Crippen molar-refractivity contribution in [1.82, 2.24) is 4.90 Å². The minimum Gasteiger partial charge on any atom is -0.480 e. The Labute approximate surface area is 149 Å². The van der Waals surface area contributed by atoms with Crippen molar-refractivity contribution in [2.24, 2.45) is 5.92 Å². The Morgan fingerprint density at radius 2 is 1.77 bits per heavy atom. The van der Waals surface area contributed by atoms with E-state index >= 15 is 0 Å². The van der Waals surface area contributed by atoms with Crippen molar-refractivity contribution in [3.8, 4) is 0 Å². The summed E-state index contributed by atoms with van der Waals surface area (Å²) in [6, 6.07) is 3.78. The van der Waals surface area contributed by atoms with Crippen LogP contribution >= 0.6 is 0 Å². The molecule has 0 bridgehead atoms. The molecule has 0 spiro atoms. The molecule has 0 saturated carbocycles. The van der Waals surface area contributed by atoms with E-state index in [4.69, 9.17) is 4.74 Å². The molecule has 1 aliphatic heterocycles. The lowest BCUT2D eigenvalue weighted by atomic mass is 9.96. The summed E-state index contributed by atoms with van der Waals surface area (Å²) < 4.78 is 43.1. The van der Waals surface area contributed by atoms with Crippen LogP contribution in [-0.2, 0) is 22.1 Å². The van der Waals surface area contributed by atoms with Crippen LogP contribution in [0.2, 0.25) is 0 Å². The number of halogens is 3. The molecule has 0 aliphatic carbocycles. The third-order valence-corrected chi connectivity index (χ3v) is 4.11. The summed E-state index contributed by atoms with van der Waals surface area (Å²) in [4.78, 5) is 24.9. The van der Waals surface area contributed by atoms with Gasteiger partial charge in [0.1, 0.15) is 11.6 Å². The molecule has 1 amide bonds. The van der Waals surface area contributed by atoms with E-state index < -0.39 is 35.4 Å². The first-order valence-corrected chi connectivity index (χ1v) is 8.25. The Balaban J connectivity index is 2.07. The van der Waals surface area contributed by atoms with Gasteiger partial charge in [-0.05, 0) is 57.2 Å². The molecule has 144 valence electrons. The smallest absolute Gasteiger partial charge is 0.416 e. The summed E-state index contributed by atoms with van der Waals surface area (Å²) in [5, 5.41) is 9.37. The van der Waals surface area contributed by atoms with Gasteiger partial charge < -0.3 is 9.84 Å². The molecule has 1 fully saturated rings. The van der Waals surface area contributed by atoms with E-state index in [9.17, 15) is 27.9 Å². The first-order chi connectivity index (χ1) is 11.9. The zero-order valence-electron chi connectivity index (χ0n) is 14.8. The lowest BCUT2D eigenvalue weighted by Crippen LogP contribution is -2.43. The van der Waals surface area contributed by atoms with Crippen molar-refractivity contribution in [2.45, 2.75) is 51.4 Å². The summed E-state index contributed by atoms with van der Waals surface area (Å²) in [5.41, 5.74) is -0.810. The molecule has 8 heteroatoms. The fraction of sp³-hybridized carbons (Fsp3) is 0.556. The number of ether oxygens (including phenoxy) is 1. The van der Waals surface area contributed by atoms with Gasteiger partial charge in [-0.3, -0.25) is 4.90 Å². The number of amides is 1. The first kappa shape index (κ1) is 20.1. The highest BCUT2D eigenvalue weighted by Gasteiger charge is 2.41. The van der Waals surface area contributed by atoms with E-state index in [0.29, 0.717) is 12.0 Å². The van der Waals surface area contributed by atoms with Gasteiger partial charge >= 0.3 is 18.2 Å². The fourth-order valence-corrected chi connectivity index (χ4v) is 2.99. The Hall–Kier alpha value is -2.25. The summed E-state index contributed by atoms with van der Waals surface area (Å²) in [7, 11) is 0. The van der Waals surface area contributed by atoms with Crippen LogP contribution in [-0.4, -0.2) is 40.3 Å². The molecule has 0 radical (unpaired) electrons. The second-order valence-electron chi connectivity index (χ2n) is 7.49. The second kappa shape index (κ2) is 7.17. The second-order valence-corrected chi connectivity index (χ2v) is 7.49. The molecule has 1 N–H and O–H groups in total. The molecule has 26 heavy (non-hydrogen) atoms. The predicted molar refractivity (Wildman–Crippen MR) is 87.6 cm³/mol. The van der Waals surface area contributed by atoms with Crippen LogP contribution in [0.5, 0.6) is 0 Å². The number of hydrogen-bond acceptors (Lipinski definition) is 3. The van der Waals surface area contributed by atoms with Crippen molar-refractivity contribution in [2.75, 3.05) is 6.54 Å². The van der Waals surface area contributed by atoms with Crippen molar-refractivity contribution >= 4 is 12.1 Å². The maximum atomic E-state index is 12.6. The van der Waals surface area contributed by atoms with Gasteiger partial charge in [-0.2, -0.15) is 13.2 Å². The summed E-state index contributed by atoms with van der Waals surface area (Å²) >= 11 is 0. The van der Waals surface area contributed by atoms with Crippen LogP contribution in [0.1, 0.15) is 38.3 Å². The average Bonchev–Trinajstić information content (AvgIpc) is 2.89. The molecule has 2 unspecified atom stereocenters. The molecule has 2 atom stereocenters. The number of carbonyl (C=O) groups is 2. The fourth-order valence-electron chi connectivity index (χ4n) is 2.99. The highest BCUT2D eigenvalue weighted by molar-refractivity contribution is 5.81. The molecule has 2 rings (SSSR count). The van der Waals surface area contributed by atoms with Crippen LogP contribution in [0.3, 0.4) is 0 Å². The predicted octanol–water partition coefficient (Wildman–Crippen LogP) is 3.96. The molecule has 1 aliphatic rings. The Kier molecular flexibility index (Phi) is 5.53. The van der Waals surface area contributed by atoms with Gasteiger partial charge in [0.25, 0.3) is 0 Å². The summed E-state index contributed by atoms with van der Waals surface area (Å²) in [6.07, 6.45) is -4.47. The Morgan fingerprint density at radius 3 is 2.23 bits per heavy atom. The standard InChI is InChI=1S/C18H22F3NO4/c1-17(2,3)26-16(25)22-10-12(9-14(22)15(23)24)8-11-4-6-13(7-5-11)18(19,20)21/h4-7,12,14H,8-10H2,1-3H3,(H,23,24). The molecule has 1 aromatic carbocycles. The topological polar surface area (TPSA) is 66.8 Å². The lowest BCUT2D eigenvalue weighted by Gasteiger charge is -2.26. The summed E-state index contributed by atoms with van der Waals surface area (Å²) in [6.45, 7) is 5.26. The zero-order chi connectivity index (χ0) is 19.7. The number of likely N-dealkylation sites (tertiary alicyclic amines) is 1. The largest absolute Gasteiger partial charge is 0.480 e. The number of carbonyl (C=O) groups excluding carboxylic acids is 1. The normalized spacial score (nSPS) is 20.9. The third kappa shape index (κ3) is 5.12. The minimum atomic E-state index is -4.40. The number of carboxylic acids is 1. The van der Waals surface area contributed by atoms with Gasteiger partial charge in [0.05, 0.1) is 5.56 Å². The van der Waals surface area contributed by atoms with E-state index in [1.807, 2.05) is 0 Å². The number of aliphatic carboxylic acids is 1. The van der Waals surface area contributed by atoms with Gasteiger partial charge in [-0.25, -0.2) is 9.59 Å². The minimum absolute atomic E-state index is 0.166. The van der Waals surface area contributed by atoms with E-state index in [-0.39, 0.29) is 18.9 Å². The molecular formula is C18H22F3NO4. The number of benzene rings is 1. The summed E-state index contributed by atoms with van der Waals surface area (Å²) in [5.74, 6) is -1.29. The number of carboxylic acid groups (broad SMARTS) is 1. The lowest BCUT2D eigenvalue weighted by molar-refractivity contribution is -0.142. The monoisotopic (exact) mass is 373 g/mol. The number of hydrogen-bond donors (Lipinski definition) is 1. The van der Waals surface area contributed by atoms with E-state index in [2.05, 4.69) is 0 Å². The van der Waals surface area contributed by atoms with Crippen molar-refractivity contribution in [3.63, 3.8) is 0 Å². The van der Waals surface area contributed by atoms with Crippen LogP contribution in [0.25, 0.3) is 0 Å². The van der Waals surface area contributed by atoms with E-state index in [1.165, 1.54) is 17.0 Å². The molecular weight excluding hydrogens is 351 g/mol. The average molecular weight is 373 g/mol. The number of alkyl halides is 3. The van der Waals surface area contributed by atoms with Crippen LogP contribution < -0.4 is 0 Å². The van der Waals surface area contributed by atoms with Gasteiger partial charge in [0.2, 0.25) is 0 Å². The maximum absolute atomic E-state index is 12.6.